The Hall–Kier alpha value is -0.570. The molecule has 1 rings (SSSR count). The van der Waals surface area contributed by atoms with Crippen LogP contribution in [0.4, 0.5) is 0 Å². The van der Waals surface area contributed by atoms with Gasteiger partial charge in [-0.25, -0.2) is 0 Å². The van der Waals surface area contributed by atoms with E-state index in [0.717, 1.165) is 22.7 Å². The van der Waals surface area contributed by atoms with Crippen LogP contribution in [0.2, 0.25) is 5.02 Å². The molecule has 0 aliphatic rings. The third-order valence-electron chi connectivity index (χ3n) is 2.69. The zero-order valence-electron chi connectivity index (χ0n) is 10.1. The molecule has 1 atom stereocenters. The molecule has 16 heavy (non-hydrogen) atoms. The summed E-state index contributed by atoms with van der Waals surface area (Å²) in [6.45, 7) is 7.36. The lowest BCUT2D eigenvalue weighted by molar-refractivity contribution is 0.123. The molecule has 0 bridgehead atoms. The van der Waals surface area contributed by atoms with Crippen LogP contribution in [-0.4, -0.2) is 17.8 Å². The van der Waals surface area contributed by atoms with E-state index in [1.807, 2.05) is 32.9 Å². The molecule has 0 aliphatic carbocycles. The monoisotopic (exact) mass is 241 g/mol. The molecule has 0 spiro atoms. The predicted octanol–water partition coefficient (Wildman–Crippen LogP) is 2.75. The molecule has 0 saturated heterocycles. The Morgan fingerprint density at radius 1 is 1.38 bits per heavy atom. The summed E-state index contributed by atoms with van der Waals surface area (Å²) in [4.78, 5) is 0. The Balaban J connectivity index is 2.40. The van der Waals surface area contributed by atoms with Crippen LogP contribution < -0.4 is 5.32 Å². The number of rotatable bonds is 5. The highest BCUT2D eigenvalue weighted by molar-refractivity contribution is 6.31. The van der Waals surface area contributed by atoms with Gasteiger partial charge >= 0.3 is 0 Å². The molecular weight excluding hydrogens is 222 g/mol. The van der Waals surface area contributed by atoms with Crippen LogP contribution in [0.25, 0.3) is 0 Å². The maximum Gasteiger partial charge on any atom is 0.0687 e. The lowest BCUT2D eigenvalue weighted by Crippen LogP contribution is -2.30. The van der Waals surface area contributed by atoms with E-state index in [9.17, 15) is 5.11 Å². The molecule has 0 radical (unpaired) electrons. The summed E-state index contributed by atoms with van der Waals surface area (Å²) in [5.41, 5.74) is 2.24. The molecule has 0 amide bonds. The van der Waals surface area contributed by atoms with E-state index in [4.69, 9.17) is 11.6 Å². The summed E-state index contributed by atoms with van der Waals surface area (Å²) in [6, 6.07) is 6.03. The molecule has 3 heteroatoms. The quantitative estimate of drug-likeness (QED) is 0.831. The number of benzene rings is 1. The first-order chi connectivity index (χ1) is 7.50. The molecule has 2 nitrogen and oxygen atoms in total. The second-order valence-electron chi connectivity index (χ2n) is 4.53. The summed E-state index contributed by atoms with van der Waals surface area (Å²) >= 11 is 6.03. The minimum absolute atomic E-state index is 0.286. The molecule has 0 saturated carbocycles. The summed E-state index contributed by atoms with van der Waals surface area (Å²) in [5.74, 6) is 0.286. The zero-order valence-corrected chi connectivity index (χ0v) is 10.9. The van der Waals surface area contributed by atoms with E-state index >= 15 is 0 Å². The molecular formula is C13H20ClNO. The minimum atomic E-state index is -0.291. The number of hydrogen-bond acceptors (Lipinski definition) is 2. The topological polar surface area (TPSA) is 32.3 Å². The number of nitrogens with one attached hydrogen (secondary N) is 1. The average Bonchev–Trinajstić information content (AvgIpc) is 2.23. The molecule has 0 heterocycles. The largest absolute Gasteiger partial charge is 0.392 e. The van der Waals surface area contributed by atoms with Gasteiger partial charge in [0.25, 0.3) is 0 Å². The highest BCUT2D eigenvalue weighted by atomic mass is 35.5. The van der Waals surface area contributed by atoms with Gasteiger partial charge in [0.15, 0.2) is 0 Å². The second-order valence-corrected chi connectivity index (χ2v) is 4.93. The first-order valence-electron chi connectivity index (χ1n) is 5.64. The van der Waals surface area contributed by atoms with Gasteiger partial charge in [0.2, 0.25) is 0 Å². The molecule has 0 aromatic heterocycles. The first kappa shape index (κ1) is 13.5. The van der Waals surface area contributed by atoms with E-state index in [1.54, 1.807) is 0 Å². The second kappa shape index (κ2) is 6.24. The van der Waals surface area contributed by atoms with E-state index in [1.165, 1.54) is 0 Å². The van der Waals surface area contributed by atoms with E-state index in [2.05, 4.69) is 11.4 Å². The smallest absolute Gasteiger partial charge is 0.0687 e. The van der Waals surface area contributed by atoms with Crippen LogP contribution in [0.15, 0.2) is 18.2 Å². The normalized spacial score (nSPS) is 13.1. The van der Waals surface area contributed by atoms with Gasteiger partial charge in [-0.3, -0.25) is 0 Å². The molecule has 90 valence electrons. The maximum atomic E-state index is 9.61. The fourth-order valence-corrected chi connectivity index (χ4v) is 1.55. The molecule has 1 unspecified atom stereocenters. The van der Waals surface area contributed by atoms with Crippen molar-refractivity contribution in [2.75, 3.05) is 6.54 Å². The van der Waals surface area contributed by atoms with Gasteiger partial charge < -0.3 is 10.4 Å². The van der Waals surface area contributed by atoms with Crippen molar-refractivity contribution < 1.29 is 5.11 Å². The third kappa shape index (κ3) is 4.12. The highest BCUT2D eigenvalue weighted by Crippen LogP contribution is 2.16. The van der Waals surface area contributed by atoms with Crippen molar-refractivity contribution in [1.82, 2.24) is 5.32 Å². The Morgan fingerprint density at radius 2 is 2.06 bits per heavy atom. The average molecular weight is 242 g/mol. The van der Waals surface area contributed by atoms with Crippen LogP contribution in [0, 0.1) is 12.8 Å². The van der Waals surface area contributed by atoms with E-state index in [-0.39, 0.29) is 12.0 Å². The number of aliphatic hydroxyl groups is 1. The highest BCUT2D eigenvalue weighted by Gasteiger charge is 2.07. The lowest BCUT2D eigenvalue weighted by atomic mass is 10.1. The van der Waals surface area contributed by atoms with Crippen molar-refractivity contribution in [2.24, 2.45) is 5.92 Å². The Morgan fingerprint density at radius 3 is 2.62 bits per heavy atom. The van der Waals surface area contributed by atoms with Crippen molar-refractivity contribution in [2.45, 2.75) is 33.4 Å². The van der Waals surface area contributed by atoms with Gasteiger partial charge in [-0.05, 0) is 30.0 Å². The number of halogens is 1. The Bertz CT molecular complexity index is 339. The third-order valence-corrected chi connectivity index (χ3v) is 3.10. The molecule has 0 aliphatic heterocycles. The molecule has 2 N–H and O–H groups in total. The van der Waals surface area contributed by atoms with E-state index in [0.29, 0.717) is 6.54 Å². The summed E-state index contributed by atoms with van der Waals surface area (Å²) in [5, 5.41) is 13.6. The van der Waals surface area contributed by atoms with Crippen molar-refractivity contribution in [1.29, 1.82) is 0 Å². The fourth-order valence-electron chi connectivity index (χ4n) is 1.35. The minimum Gasteiger partial charge on any atom is -0.392 e. The standard InChI is InChI=1S/C13H20ClNO/c1-9(2)13(16)8-15-7-11-5-4-10(3)12(14)6-11/h4-6,9,13,15-16H,7-8H2,1-3H3. The van der Waals surface area contributed by atoms with Crippen LogP contribution >= 0.6 is 11.6 Å². The van der Waals surface area contributed by atoms with Gasteiger partial charge in [-0.2, -0.15) is 0 Å². The summed E-state index contributed by atoms with van der Waals surface area (Å²) in [6.07, 6.45) is -0.291. The van der Waals surface area contributed by atoms with Gasteiger partial charge in [-0.15, -0.1) is 0 Å². The number of aryl methyl sites for hydroxylation is 1. The Kier molecular flexibility index (Phi) is 5.26. The SMILES string of the molecule is Cc1ccc(CNCC(O)C(C)C)cc1Cl. The van der Waals surface area contributed by atoms with Crippen molar-refractivity contribution in [3.05, 3.63) is 34.3 Å². The zero-order chi connectivity index (χ0) is 12.1. The van der Waals surface area contributed by atoms with E-state index < -0.39 is 0 Å². The summed E-state index contributed by atoms with van der Waals surface area (Å²) in [7, 11) is 0. The first-order valence-corrected chi connectivity index (χ1v) is 6.02. The lowest BCUT2D eigenvalue weighted by Gasteiger charge is -2.15. The Labute approximate surface area is 103 Å². The molecule has 0 fully saturated rings. The van der Waals surface area contributed by atoms with Crippen molar-refractivity contribution in [3.8, 4) is 0 Å². The van der Waals surface area contributed by atoms with Crippen molar-refractivity contribution >= 4 is 11.6 Å². The van der Waals surface area contributed by atoms with Crippen LogP contribution in [-0.2, 0) is 6.54 Å². The van der Waals surface area contributed by atoms with Crippen LogP contribution in [0.3, 0.4) is 0 Å². The van der Waals surface area contributed by atoms with Gasteiger partial charge in [0.1, 0.15) is 0 Å². The predicted molar refractivity (Wildman–Crippen MR) is 68.7 cm³/mol. The number of hydrogen-bond donors (Lipinski definition) is 2. The van der Waals surface area contributed by atoms with Crippen molar-refractivity contribution in [3.63, 3.8) is 0 Å². The van der Waals surface area contributed by atoms with Crippen LogP contribution in [0.5, 0.6) is 0 Å². The fraction of sp³-hybridized carbons (Fsp3) is 0.538. The van der Waals surface area contributed by atoms with Gasteiger partial charge in [-0.1, -0.05) is 37.6 Å². The maximum absolute atomic E-state index is 9.61. The summed E-state index contributed by atoms with van der Waals surface area (Å²) < 4.78 is 0. The number of aliphatic hydroxyl groups excluding tert-OH is 1. The molecule has 1 aromatic carbocycles. The van der Waals surface area contributed by atoms with Gasteiger partial charge in [0.05, 0.1) is 6.10 Å². The van der Waals surface area contributed by atoms with Gasteiger partial charge in [0, 0.05) is 18.1 Å². The van der Waals surface area contributed by atoms with Crippen LogP contribution in [0.1, 0.15) is 25.0 Å². The molecule has 1 aromatic rings.